The molecule has 0 unspecified atom stereocenters. The highest BCUT2D eigenvalue weighted by Gasteiger charge is 2.30. The number of carbonyl (C=O) groups excluding carboxylic acids is 4. The van der Waals surface area contributed by atoms with E-state index in [0.717, 1.165) is 23.3 Å². The van der Waals surface area contributed by atoms with Crippen LogP contribution in [-0.2, 0) is 32.5 Å². The Balaban J connectivity index is 1.91. The van der Waals surface area contributed by atoms with Gasteiger partial charge in [-0.25, -0.2) is 13.2 Å². The van der Waals surface area contributed by atoms with Crippen LogP contribution in [0.3, 0.4) is 0 Å². The van der Waals surface area contributed by atoms with Crippen molar-refractivity contribution in [1.29, 1.82) is 0 Å². The van der Waals surface area contributed by atoms with E-state index >= 15 is 0 Å². The average Bonchev–Trinajstić information content (AvgIpc) is 3.21. The molecule has 1 aromatic heterocycles. The van der Waals surface area contributed by atoms with Crippen molar-refractivity contribution in [2.75, 3.05) is 32.1 Å². The fourth-order valence-corrected chi connectivity index (χ4v) is 6.59. The molecule has 0 saturated carbocycles. The first kappa shape index (κ1) is 27.3. The zero-order chi connectivity index (χ0) is 26.6. The monoisotopic (exact) mass is 536 g/mol. The minimum atomic E-state index is -3.67. The molecule has 0 bridgehead atoms. The first-order valence-corrected chi connectivity index (χ1v) is 13.5. The van der Waals surface area contributed by atoms with Crippen molar-refractivity contribution in [3.63, 3.8) is 0 Å². The summed E-state index contributed by atoms with van der Waals surface area (Å²) in [5.74, 6) is -1.40. The molecule has 1 aliphatic rings. The summed E-state index contributed by atoms with van der Waals surface area (Å²) in [6, 6.07) is 5.51. The largest absolute Gasteiger partial charge is 0.453 e. The molecule has 36 heavy (non-hydrogen) atoms. The van der Waals surface area contributed by atoms with E-state index in [1.807, 2.05) is 0 Å². The van der Waals surface area contributed by atoms with Gasteiger partial charge in [-0.05, 0) is 36.2 Å². The lowest BCUT2D eigenvalue weighted by Gasteiger charge is -2.25. The summed E-state index contributed by atoms with van der Waals surface area (Å²) in [7, 11) is -2.55. The summed E-state index contributed by atoms with van der Waals surface area (Å²) in [5, 5.41) is 5.04. The van der Waals surface area contributed by atoms with Gasteiger partial charge in [0.1, 0.15) is 5.00 Å². The molecule has 2 N–H and O–H groups in total. The third-order valence-corrected chi connectivity index (χ3v) is 9.01. The second-order valence-corrected chi connectivity index (χ2v) is 11.0. The Kier molecular flexibility index (Phi) is 8.48. The van der Waals surface area contributed by atoms with Crippen LogP contribution in [0.2, 0.25) is 0 Å². The minimum absolute atomic E-state index is 0.0665. The molecule has 194 valence electrons. The summed E-state index contributed by atoms with van der Waals surface area (Å²) in [5.41, 5.74) is 0.970. The van der Waals surface area contributed by atoms with Gasteiger partial charge in [0, 0.05) is 37.0 Å². The average molecular weight is 537 g/mol. The van der Waals surface area contributed by atoms with Crippen LogP contribution in [0.1, 0.15) is 51.9 Å². The van der Waals surface area contributed by atoms with Crippen molar-refractivity contribution in [3.05, 3.63) is 45.8 Å². The molecule has 1 aliphatic heterocycles. The van der Waals surface area contributed by atoms with E-state index in [2.05, 4.69) is 15.4 Å². The minimum Gasteiger partial charge on any atom is -0.453 e. The molecule has 4 amide bonds. The maximum Gasteiger partial charge on any atom is 0.413 e. The van der Waals surface area contributed by atoms with Crippen LogP contribution < -0.4 is 10.6 Å². The molecule has 13 heteroatoms. The Hall–Kier alpha value is -3.29. The van der Waals surface area contributed by atoms with E-state index < -0.39 is 27.9 Å². The molecule has 0 saturated heterocycles. The Morgan fingerprint density at radius 3 is 2.28 bits per heavy atom. The van der Waals surface area contributed by atoms with E-state index in [1.165, 1.54) is 35.5 Å². The lowest BCUT2D eigenvalue weighted by Crippen LogP contribution is -2.35. The lowest BCUT2D eigenvalue weighted by atomic mass is 10.0. The number of amides is 4. The zero-order valence-electron chi connectivity index (χ0n) is 20.4. The second-order valence-electron chi connectivity index (χ2n) is 7.91. The predicted octanol–water partition coefficient (Wildman–Crippen LogP) is 2.43. The molecule has 0 spiro atoms. The second kappa shape index (κ2) is 11.2. The van der Waals surface area contributed by atoms with Gasteiger partial charge in [0.15, 0.2) is 0 Å². The fraction of sp³-hybridized carbons (Fsp3) is 0.391. The molecule has 0 aliphatic carbocycles. The molecule has 2 aromatic rings. The van der Waals surface area contributed by atoms with Crippen molar-refractivity contribution < 1.29 is 32.3 Å². The number of methoxy groups -OCH3 is 1. The summed E-state index contributed by atoms with van der Waals surface area (Å²) in [6.45, 7) is 6.26. The van der Waals surface area contributed by atoms with E-state index in [-0.39, 0.29) is 33.5 Å². The smallest absolute Gasteiger partial charge is 0.413 e. The molecule has 1 aromatic carbocycles. The molecular weight excluding hydrogens is 508 g/mol. The van der Waals surface area contributed by atoms with Crippen molar-refractivity contribution in [1.82, 2.24) is 14.5 Å². The van der Waals surface area contributed by atoms with Gasteiger partial charge in [-0.1, -0.05) is 13.8 Å². The molecule has 0 radical (unpaired) electrons. The van der Waals surface area contributed by atoms with Gasteiger partial charge in [-0.3, -0.25) is 19.7 Å². The number of carbonyl (C=O) groups is 4. The molecular formula is C23H28N4O7S2. The normalized spacial score (nSPS) is 13.2. The van der Waals surface area contributed by atoms with Gasteiger partial charge < -0.3 is 15.0 Å². The maximum absolute atomic E-state index is 13.0. The number of alkyl carbamates (subject to hydrolysis) is 1. The van der Waals surface area contributed by atoms with Gasteiger partial charge in [-0.15, -0.1) is 11.3 Å². The predicted molar refractivity (Wildman–Crippen MR) is 133 cm³/mol. The highest BCUT2D eigenvalue weighted by atomic mass is 32.2. The van der Waals surface area contributed by atoms with Crippen LogP contribution in [-0.4, -0.2) is 68.2 Å². The van der Waals surface area contributed by atoms with Crippen molar-refractivity contribution in [2.45, 2.75) is 38.6 Å². The number of nitrogens with zero attached hydrogens (tertiary/aromatic N) is 2. The Bertz CT molecular complexity index is 1280. The summed E-state index contributed by atoms with van der Waals surface area (Å²) in [4.78, 5) is 51.8. The van der Waals surface area contributed by atoms with Crippen LogP contribution in [0.5, 0.6) is 0 Å². The number of benzene rings is 1. The highest BCUT2D eigenvalue weighted by Crippen LogP contribution is 2.37. The van der Waals surface area contributed by atoms with Crippen LogP contribution in [0, 0.1) is 0 Å². The van der Waals surface area contributed by atoms with Crippen LogP contribution in [0.25, 0.3) is 0 Å². The van der Waals surface area contributed by atoms with Crippen molar-refractivity contribution in [3.8, 4) is 0 Å². The van der Waals surface area contributed by atoms with Gasteiger partial charge in [-0.2, -0.15) is 4.31 Å². The van der Waals surface area contributed by atoms with E-state index in [1.54, 1.807) is 18.7 Å². The van der Waals surface area contributed by atoms with Crippen LogP contribution in [0.4, 0.5) is 9.80 Å². The van der Waals surface area contributed by atoms with Gasteiger partial charge in [0.2, 0.25) is 15.9 Å². The van der Waals surface area contributed by atoms with Gasteiger partial charge in [0.05, 0.1) is 24.1 Å². The molecule has 11 nitrogen and oxygen atoms in total. The number of hydrogen-bond acceptors (Lipinski definition) is 8. The number of rotatable bonds is 7. The number of anilines is 1. The summed E-state index contributed by atoms with van der Waals surface area (Å²) < 4.78 is 31.2. The molecule has 3 rings (SSSR count). The Morgan fingerprint density at radius 1 is 1.08 bits per heavy atom. The highest BCUT2D eigenvalue weighted by molar-refractivity contribution is 7.89. The summed E-state index contributed by atoms with van der Waals surface area (Å²) >= 11 is 1.15. The standard InChI is InChI=1S/C23H28N4O7S2/c1-5-27(6-2)36(32,33)16-9-7-15(8-10-16)20(29)24-22-19(21(30)25-23(31)34-4)17-11-12-26(14(3)28)13-18(17)35-22/h7-10H,5-6,11-13H2,1-4H3,(H,24,29)(H,25,30,31). The Morgan fingerprint density at radius 2 is 1.72 bits per heavy atom. The Labute approximate surface area is 213 Å². The van der Waals surface area contributed by atoms with Gasteiger partial charge >= 0.3 is 6.09 Å². The van der Waals surface area contributed by atoms with E-state index in [0.29, 0.717) is 31.6 Å². The van der Waals surface area contributed by atoms with Crippen LogP contribution in [0.15, 0.2) is 29.2 Å². The number of sulfonamides is 1. The number of nitrogens with one attached hydrogen (secondary N) is 2. The third kappa shape index (κ3) is 5.58. The fourth-order valence-electron chi connectivity index (χ4n) is 3.87. The van der Waals surface area contributed by atoms with E-state index in [4.69, 9.17) is 0 Å². The number of hydrogen-bond donors (Lipinski definition) is 2. The van der Waals surface area contributed by atoms with Gasteiger partial charge in [0.25, 0.3) is 11.8 Å². The zero-order valence-corrected chi connectivity index (χ0v) is 22.0. The number of thiophene rings is 1. The number of fused-ring (bicyclic) bond motifs is 1. The third-order valence-electron chi connectivity index (χ3n) is 5.82. The van der Waals surface area contributed by atoms with Crippen molar-refractivity contribution in [2.24, 2.45) is 0 Å². The topological polar surface area (TPSA) is 142 Å². The lowest BCUT2D eigenvalue weighted by molar-refractivity contribution is -0.129. The maximum atomic E-state index is 13.0. The molecule has 0 fully saturated rings. The SMILES string of the molecule is CCN(CC)S(=O)(=O)c1ccc(C(=O)Nc2sc3c(c2C(=O)NC(=O)OC)CCN(C(C)=O)C3)cc1. The van der Waals surface area contributed by atoms with Crippen LogP contribution >= 0.6 is 11.3 Å². The molecule has 0 atom stereocenters. The van der Waals surface area contributed by atoms with Crippen molar-refractivity contribution >= 4 is 50.2 Å². The van der Waals surface area contributed by atoms with E-state index in [9.17, 15) is 27.6 Å². The first-order chi connectivity index (χ1) is 17.0. The summed E-state index contributed by atoms with van der Waals surface area (Å²) in [6.07, 6.45) is -0.563. The molecule has 2 heterocycles. The number of imide groups is 1. The number of ether oxygens (including phenoxy) is 1. The quantitative estimate of drug-likeness (QED) is 0.553. The first-order valence-electron chi connectivity index (χ1n) is 11.2.